The number of nitrogen functional groups attached to an aromatic ring is 1. The van der Waals surface area contributed by atoms with Gasteiger partial charge in [-0.25, -0.2) is 0 Å². The van der Waals surface area contributed by atoms with Crippen molar-refractivity contribution in [3.05, 3.63) is 52.2 Å². The molecule has 0 bridgehead atoms. The molecular formula is C14H9BrClN3O. The summed E-state index contributed by atoms with van der Waals surface area (Å²) in [6.07, 6.45) is 3.40. The second-order valence-corrected chi connectivity index (χ2v) is 5.46. The number of aromatic nitrogens is 2. The van der Waals surface area contributed by atoms with E-state index in [0.29, 0.717) is 22.2 Å². The van der Waals surface area contributed by atoms with Crippen molar-refractivity contribution < 1.29 is 4.52 Å². The van der Waals surface area contributed by atoms with Gasteiger partial charge in [0, 0.05) is 28.0 Å². The highest BCUT2D eigenvalue weighted by molar-refractivity contribution is 9.10. The highest BCUT2D eigenvalue weighted by Gasteiger charge is 2.20. The Bertz CT molecular complexity index is 758. The van der Waals surface area contributed by atoms with Crippen LogP contribution in [0.15, 0.2) is 51.7 Å². The number of nitrogens with zero attached hydrogens (tertiary/aromatic N) is 2. The predicted octanol–water partition coefficient (Wildman–Crippen LogP) is 4.40. The molecule has 0 aliphatic heterocycles. The molecular weight excluding hydrogens is 342 g/mol. The fourth-order valence-electron chi connectivity index (χ4n) is 1.95. The number of halogens is 2. The maximum absolute atomic E-state index is 6.23. The molecule has 2 heterocycles. The molecule has 20 heavy (non-hydrogen) atoms. The molecule has 100 valence electrons. The van der Waals surface area contributed by atoms with Crippen LogP contribution in [0.3, 0.4) is 0 Å². The smallest absolute Gasteiger partial charge is 0.178 e. The van der Waals surface area contributed by atoms with Crippen LogP contribution >= 0.6 is 27.5 Å². The summed E-state index contributed by atoms with van der Waals surface area (Å²) in [5.41, 5.74) is 8.16. The largest absolute Gasteiger partial charge is 0.380 e. The monoisotopic (exact) mass is 349 g/mol. The molecule has 6 heteroatoms. The van der Waals surface area contributed by atoms with Crippen LogP contribution in [0.4, 0.5) is 5.82 Å². The summed E-state index contributed by atoms with van der Waals surface area (Å²) in [7, 11) is 0. The molecule has 2 N–H and O–H groups in total. The van der Waals surface area contributed by atoms with E-state index in [1.807, 2.05) is 24.3 Å². The molecule has 1 aromatic carbocycles. The standard InChI is InChI=1S/C14H9BrClN3O/c15-9-3-4-11(16)10(6-9)13-12(14(17)19-20-13)8-2-1-5-18-7-8/h1-7H,(H2,17,19). The van der Waals surface area contributed by atoms with Crippen molar-refractivity contribution in [2.45, 2.75) is 0 Å². The summed E-state index contributed by atoms with van der Waals surface area (Å²) in [4.78, 5) is 4.09. The number of benzene rings is 1. The van der Waals surface area contributed by atoms with E-state index in [1.165, 1.54) is 0 Å². The van der Waals surface area contributed by atoms with Crippen LogP contribution in [0.1, 0.15) is 0 Å². The van der Waals surface area contributed by atoms with E-state index in [4.69, 9.17) is 21.9 Å². The van der Waals surface area contributed by atoms with Gasteiger partial charge in [-0.05, 0) is 24.3 Å². The van der Waals surface area contributed by atoms with E-state index in [-0.39, 0.29) is 0 Å². The minimum atomic E-state index is 0.309. The van der Waals surface area contributed by atoms with Crippen LogP contribution < -0.4 is 5.73 Å². The van der Waals surface area contributed by atoms with Crippen molar-refractivity contribution in [2.24, 2.45) is 0 Å². The molecule has 0 atom stereocenters. The summed E-state index contributed by atoms with van der Waals surface area (Å²) < 4.78 is 6.26. The van der Waals surface area contributed by atoms with E-state index >= 15 is 0 Å². The molecule has 3 aromatic rings. The summed E-state index contributed by atoms with van der Waals surface area (Å²) in [5.74, 6) is 0.839. The topological polar surface area (TPSA) is 64.9 Å². The molecule has 0 saturated heterocycles. The molecule has 0 radical (unpaired) electrons. The minimum absolute atomic E-state index is 0.309. The number of anilines is 1. The number of rotatable bonds is 2. The Balaban J connectivity index is 2.24. The first-order valence-electron chi connectivity index (χ1n) is 5.78. The molecule has 0 saturated carbocycles. The number of hydrogen-bond donors (Lipinski definition) is 1. The zero-order chi connectivity index (χ0) is 14.1. The normalized spacial score (nSPS) is 10.7. The lowest BCUT2D eigenvalue weighted by Gasteiger charge is -2.05. The van der Waals surface area contributed by atoms with Crippen molar-refractivity contribution in [2.75, 3.05) is 5.73 Å². The first-order valence-corrected chi connectivity index (χ1v) is 6.95. The fourth-order valence-corrected chi connectivity index (χ4v) is 2.51. The lowest BCUT2D eigenvalue weighted by atomic mass is 10.0. The maximum Gasteiger partial charge on any atom is 0.178 e. The van der Waals surface area contributed by atoms with Crippen LogP contribution in [0.25, 0.3) is 22.5 Å². The van der Waals surface area contributed by atoms with Gasteiger partial charge in [0.15, 0.2) is 11.6 Å². The third-order valence-corrected chi connectivity index (χ3v) is 3.66. The minimum Gasteiger partial charge on any atom is -0.380 e. The summed E-state index contributed by atoms with van der Waals surface area (Å²) in [5, 5.41) is 4.41. The van der Waals surface area contributed by atoms with E-state index in [0.717, 1.165) is 15.6 Å². The van der Waals surface area contributed by atoms with Gasteiger partial charge < -0.3 is 10.3 Å². The lowest BCUT2D eigenvalue weighted by molar-refractivity contribution is 0.436. The Labute approximate surface area is 128 Å². The van der Waals surface area contributed by atoms with Crippen molar-refractivity contribution in [3.8, 4) is 22.5 Å². The summed E-state index contributed by atoms with van der Waals surface area (Å²) >= 11 is 9.65. The third kappa shape index (κ3) is 2.30. The molecule has 0 amide bonds. The molecule has 0 spiro atoms. The van der Waals surface area contributed by atoms with E-state index in [1.54, 1.807) is 18.5 Å². The second kappa shape index (κ2) is 5.26. The van der Waals surface area contributed by atoms with E-state index < -0.39 is 0 Å². The fraction of sp³-hybridized carbons (Fsp3) is 0. The average Bonchev–Trinajstić information content (AvgIpc) is 2.84. The highest BCUT2D eigenvalue weighted by atomic mass is 79.9. The summed E-state index contributed by atoms with van der Waals surface area (Å²) in [6.45, 7) is 0. The maximum atomic E-state index is 6.23. The van der Waals surface area contributed by atoms with Gasteiger partial charge in [-0.3, -0.25) is 4.98 Å². The van der Waals surface area contributed by atoms with Gasteiger partial charge in [0.05, 0.1) is 10.6 Å². The Morgan fingerprint density at radius 2 is 2.10 bits per heavy atom. The summed E-state index contributed by atoms with van der Waals surface area (Å²) in [6, 6.07) is 9.23. The highest BCUT2D eigenvalue weighted by Crippen LogP contribution is 2.40. The molecule has 0 unspecified atom stereocenters. The van der Waals surface area contributed by atoms with Crippen molar-refractivity contribution in [3.63, 3.8) is 0 Å². The van der Waals surface area contributed by atoms with Gasteiger partial charge in [-0.1, -0.05) is 38.8 Å². The van der Waals surface area contributed by atoms with Gasteiger partial charge >= 0.3 is 0 Å². The molecule has 0 aliphatic carbocycles. The second-order valence-electron chi connectivity index (χ2n) is 4.14. The predicted molar refractivity (Wildman–Crippen MR) is 82.3 cm³/mol. The van der Waals surface area contributed by atoms with Crippen LogP contribution in [-0.4, -0.2) is 10.1 Å². The Morgan fingerprint density at radius 3 is 2.85 bits per heavy atom. The van der Waals surface area contributed by atoms with E-state index in [2.05, 4.69) is 26.1 Å². The average molecular weight is 351 g/mol. The zero-order valence-corrected chi connectivity index (χ0v) is 12.5. The molecule has 0 fully saturated rings. The molecule has 0 aliphatic rings. The lowest BCUT2D eigenvalue weighted by Crippen LogP contribution is -1.89. The first-order chi connectivity index (χ1) is 9.66. The van der Waals surface area contributed by atoms with Crippen LogP contribution in [0.2, 0.25) is 5.02 Å². The Morgan fingerprint density at radius 1 is 1.25 bits per heavy atom. The number of hydrogen-bond acceptors (Lipinski definition) is 4. The van der Waals surface area contributed by atoms with Crippen molar-refractivity contribution in [1.29, 1.82) is 0 Å². The van der Waals surface area contributed by atoms with Gasteiger partial charge in [0.25, 0.3) is 0 Å². The van der Waals surface area contributed by atoms with Gasteiger partial charge in [0.2, 0.25) is 0 Å². The van der Waals surface area contributed by atoms with Crippen molar-refractivity contribution in [1.82, 2.24) is 10.1 Å². The Kier molecular flexibility index (Phi) is 3.46. The van der Waals surface area contributed by atoms with Gasteiger partial charge in [0.1, 0.15) is 0 Å². The number of nitrogens with two attached hydrogens (primary N) is 1. The van der Waals surface area contributed by atoms with Crippen LogP contribution in [-0.2, 0) is 0 Å². The zero-order valence-electron chi connectivity index (χ0n) is 10.2. The third-order valence-electron chi connectivity index (χ3n) is 2.84. The first kappa shape index (κ1) is 13.1. The van der Waals surface area contributed by atoms with Gasteiger partial charge in [-0.15, -0.1) is 0 Å². The molecule has 4 nitrogen and oxygen atoms in total. The quantitative estimate of drug-likeness (QED) is 0.744. The van der Waals surface area contributed by atoms with Crippen molar-refractivity contribution >= 4 is 33.3 Å². The van der Waals surface area contributed by atoms with E-state index in [9.17, 15) is 0 Å². The number of pyridine rings is 1. The van der Waals surface area contributed by atoms with Crippen LogP contribution in [0.5, 0.6) is 0 Å². The van der Waals surface area contributed by atoms with Crippen LogP contribution in [0, 0.1) is 0 Å². The van der Waals surface area contributed by atoms with Gasteiger partial charge in [-0.2, -0.15) is 0 Å². The SMILES string of the molecule is Nc1noc(-c2cc(Br)ccc2Cl)c1-c1cccnc1. The molecule has 2 aromatic heterocycles. The molecule has 3 rings (SSSR count). The Hall–Kier alpha value is -1.85.